The smallest absolute Gasteiger partial charge is 0.419 e. The number of nitriles is 1. The van der Waals surface area contributed by atoms with Crippen LogP contribution in [0.15, 0.2) is 30.5 Å². The Bertz CT molecular complexity index is 1150. The van der Waals surface area contributed by atoms with E-state index in [1.807, 2.05) is 0 Å². The second kappa shape index (κ2) is 6.92. The molecular formula is C21H17F3N4O2S. The van der Waals surface area contributed by atoms with Crippen LogP contribution in [-0.2, 0) is 11.0 Å². The summed E-state index contributed by atoms with van der Waals surface area (Å²) in [6, 6.07) is 7.03. The van der Waals surface area contributed by atoms with Crippen molar-refractivity contribution in [1.29, 1.82) is 5.26 Å². The summed E-state index contributed by atoms with van der Waals surface area (Å²) in [6.45, 7) is 3.24. The molecule has 1 N–H and O–H groups in total. The fourth-order valence-electron chi connectivity index (χ4n) is 3.74. The molecule has 4 rings (SSSR count). The lowest BCUT2D eigenvalue weighted by atomic mass is 10.0. The number of phenols is 1. The van der Waals surface area contributed by atoms with E-state index in [0.29, 0.717) is 11.8 Å². The van der Waals surface area contributed by atoms with Crippen molar-refractivity contribution in [1.82, 2.24) is 4.98 Å². The molecule has 0 radical (unpaired) electrons. The molecule has 0 atom stereocenters. The van der Waals surface area contributed by atoms with Gasteiger partial charge < -0.3 is 10.0 Å². The third-order valence-electron chi connectivity index (χ3n) is 5.50. The minimum atomic E-state index is -4.82. The first kappa shape index (κ1) is 21.1. The summed E-state index contributed by atoms with van der Waals surface area (Å²) in [6.07, 6.45) is -1.88. The van der Waals surface area contributed by atoms with Gasteiger partial charge in [-0.2, -0.15) is 18.4 Å². The van der Waals surface area contributed by atoms with E-state index < -0.39 is 28.9 Å². The number of carbonyl (C=O) groups excluding carboxylic acids is 1. The van der Waals surface area contributed by atoms with E-state index in [-0.39, 0.29) is 22.5 Å². The Morgan fingerprint density at radius 2 is 1.94 bits per heavy atom. The van der Waals surface area contributed by atoms with E-state index in [1.54, 1.807) is 30.9 Å². The molecule has 0 bridgehead atoms. The summed E-state index contributed by atoms with van der Waals surface area (Å²) in [5.41, 5.74) is -2.07. The maximum absolute atomic E-state index is 13.4. The van der Waals surface area contributed by atoms with E-state index in [9.17, 15) is 23.1 Å². The lowest BCUT2D eigenvalue weighted by Gasteiger charge is -2.30. The zero-order chi connectivity index (χ0) is 22.7. The maximum Gasteiger partial charge on any atom is 0.419 e. The number of aromatic nitrogens is 1. The number of benzene rings is 1. The number of alkyl halides is 3. The van der Waals surface area contributed by atoms with E-state index in [2.05, 4.69) is 4.98 Å². The molecule has 1 amide bonds. The molecule has 6 nitrogen and oxygen atoms in total. The SMILES string of the molecule is CC1(C)C(=O)N(c2cnc(C#N)c(C(F)(F)F)c2)C(=S)N1c1ccc(O)c(C2CC2)c1. The standard InChI is InChI=1S/C21H17F3N4O2S/c1-20(2)18(30)27(13-8-15(21(22,23)24)16(9-25)26-10-13)19(31)28(20)12-5-6-17(29)14(7-12)11-3-4-11/h5-8,10-11,29H,3-4H2,1-2H3. The van der Waals surface area contributed by atoms with Crippen molar-refractivity contribution in [2.75, 3.05) is 9.80 Å². The Kier molecular flexibility index (Phi) is 4.70. The Labute approximate surface area is 181 Å². The highest BCUT2D eigenvalue weighted by Crippen LogP contribution is 2.46. The molecule has 0 spiro atoms. The van der Waals surface area contributed by atoms with Crippen LogP contribution >= 0.6 is 12.2 Å². The van der Waals surface area contributed by atoms with E-state index in [1.165, 1.54) is 12.1 Å². The van der Waals surface area contributed by atoms with Gasteiger partial charge in [0, 0.05) is 5.69 Å². The van der Waals surface area contributed by atoms with Gasteiger partial charge in [0.05, 0.1) is 17.4 Å². The predicted octanol–water partition coefficient (Wildman–Crippen LogP) is 4.47. The largest absolute Gasteiger partial charge is 0.508 e. The molecule has 2 fully saturated rings. The number of rotatable bonds is 3. The van der Waals surface area contributed by atoms with Crippen molar-refractivity contribution in [2.24, 2.45) is 0 Å². The molecule has 2 heterocycles. The van der Waals surface area contributed by atoms with Gasteiger partial charge in [-0.05, 0) is 74.7 Å². The quantitative estimate of drug-likeness (QED) is 0.701. The van der Waals surface area contributed by atoms with Gasteiger partial charge in [0.25, 0.3) is 5.91 Å². The zero-order valence-electron chi connectivity index (χ0n) is 16.6. The molecule has 160 valence electrons. The van der Waals surface area contributed by atoms with Crippen LogP contribution in [0.25, 0.3) is 0 Å². The maximum atomic E-state index is 13.4. The molecule has 1 saturated heterocycles. The number of aromatic hydroxyl groups is 1. The molecule has 0 unspecified atom stereocenters. The Morgan fingerprint density at radius 1 is 1.26 bits per heavy atom. The first-order valence-electron chi connectivity index (χ1n) is 9.46. The van der Waals surface area contributed by atoms with E-state index in [0.717, 1.165) is 29.5 Å². The van der Waals surface area contributed by atoms with Crippen molar-refractivity contribution in [3.05, 3.63) is 47.3 Å². The average Bonchev–Trinajstić information content (AvgIpc) is 3.51. The fourth-order valence-corrected chi connectivity index (χ4v) is 4.26. The third-order valence-corrected chi connectivity index (χ3v) is 5.86. The van der Waals surface area contributed by atoms with Gasteiger partial charge in [-0.3, -0.25) is 9.69 Å². The summed E-state index contributed by atoms with van der Waals surface area (Å²) in [4.78, 5) is 19.4. The van der Waals surface area contributed by atoms with Gasteiger partial charge in [-0.25, -0.2) is 4.98 Å². The Balaban J connectivity index is 1.79. The van der Waals surface area contributed by atoms with Gasteiger partial charge in [0.1, 0.15) is 17.4 Å². The molecule has 2 aliphatic rings. The molecule has 1 saturated carbocycles. The highest BCUT2D eigenvalue weighted by atomic mass is 32.1. The predicted molar refractivity (Wildman–Crippen MR) is 111 cm³/mol. The van der Waals surface area contributed by atoms with Gasteiger partial charge in [-0.1, -0.05) is 0 Å². The molecule has 31 heavy (non-hydrogen) atoms. The van der Waals surface area contributed by atoms with Crippen LogP contribution in [0.3, 0.4) is 0 Å². The van der Waals surface area contributed by atoms with Gasteiger partial charge >= 0.3 is 6.18 Å². The molecule has 1 aliphatic heterocycles. The van der Waals surface area contributed by atoms with Crippen LogP contribution in [0.5, 0.6) is 5.75 Å². The van der Waals surface area contributed by atoms with Crippen LogP contribution in [0.2, 0.25) is 0 Å². The number of thiocarbonyl (C=S) groups is 1. The van der Waals surface area contributed by atoms with Crippen LogP contribution in [-0.4, -0.2) is 26.6 Å². The van der Waals surface area contributed by atoms with Crippen LogP contribution in [0, 0.1) is 11.3 Å². The number of phenolic OH excluding ortho intramolecular Hbond substituents is 1. The van der Waals surface area contributed by atoms with Crippen LogP contribution in [0.4, 0.5) is 24.5 Å². The van der Waals surface area contributed by atoms with Crippen LogP contribution < -0.4 is 9.80 Å². The Morgan fingerprint density at radius 3 is 2.52 bits per heavy atom. The second-order valence-corrected chi connectivity index (χ2v) is 8.40. The highest BCUT2D eigenvalue weighted by Gasteiger charge is 2.51. The number of carbonyl (C=O) groups is 1. The Hall–Kier alpha value is -3.19. The molecule has 1 aromatic carbocycles. The summed E-state index contributed by atoms with van der Waals surface area (Å²) in [5.74, 6) is -0.134. The molecule has 1 aliphatic carbocycles. The molecule has 2 aromatic rings. The van der Waals surface area contributed by atoms with Crippen LogP contribution in [0.1, 0.15) is 49.4 Å². The number of halogens is 3. The first-order chi connectivity index (χ1) is 14.5. The third kappa shape index (κ3) is 3.39. The molecule has 1 aromatic heterocycles. The normalized spacial score (nSPS) is 18.5. The minimum absolute atomic E-state index is 0.0120. The average molecular weight is 446 g/mol. The first-order valence-corrected chi connectivity index (χ1v) is 9.86. The van der Waals surface area contributed by atoms with Gasteiger partial charge in [0.2, 0.25) is 0 Å². The highest BCUT2D eigenvalue weighted by molar-refractivity contribution is 7.81. The number of hydrogen-bond donors (Lipinski definition) is 1. The molecule has 10 heteroatoms. The lowest BCUT2D eigenvalue weighted by Crippen LogP contribution is -2.44. The van der Waals surface area contributed by atoms with E-state index in [4.69, 9.17) is 17.5 Å². The van der Waals surface area contributed by atoms with Crippen molar-refractivity contribution >= 4 is 34.6 Å². The van der Waals surface area contributed by atoms with Crippen molar-refractivity contribution in [3.8, 4) is 11.8 Å². The molecular weight excluding hydrogens is 429 g/mol. The number of hydrogen-bond acceptors (Lipinski definition) is 5. The summed E-state index contributed by atoms with van der Waals surface area (Å²) in [7, 11) is 0. The zero-order valence-corrected chi connectivity index (χ0v) is 17.4. The van der Waals surface area contributed by atoms with Gasteiger partial charge in [0.15, 0.2) is 10.8 Å². The fraction of sp³-hybridized carbons (Fsp3) is 0.333. The minimum Gasteiger partial charge on any atom is -0.508 e. The van der Waals surface area contributed by atoms with Gasteiger partial charge in [-0.15, -0.1) is 0 Å². The van der Waals surface area contributed by atoms with E-state index >= 15 is 0 Å². The van der Waals surface area contributed by atoms with Crippen molar-refractivity contribution < 1.29 is 23.1 Å². The number of amides is 1. The van der Waals surface area contributed by atoms with Crippen molar-refractivity contribution in [2.45, 2.75) is 44.3 Å². The monoisotopic (exact) mass is 446 g/mol. The summed E-state index contributed by atoms with van der Waals surface area (Å²) < 4.78 is 40.2. The number of pyridine rings is 1. The second-order valence-electron chi connectivity index (χ2n) is 8.03. The topological polar surface area (TPSA) is 80.5 Å². The number of anilines is 2. The number of nitrogens with zero attached hydrogens (tertiary/aromatic N) is 4. The van der Waals surface area contributed by atoms with Crippen molar-refractivity contribution in [3.63, 3.8) is 0 Å². The summed E-state index contributed by atoms with van der Waals surface area (Å²) in [5, 5.41) is 19.1. The summed E-state index contributed by atoms with van der Waals surface area (Å²) >= 11 is 5.50. The lowest BCUT2D eigenvalue weighted by molar-refractivity contribution is -0.138.